The average molecular weight is 571 g/mol. The maximum atomic E-state index is 13.9. The molecular weight excluding hydrogens is 560 g/mol. The van der Waals surface area contributed by atoms with E-state index in [0.717, 1.165) is 24.3 Å². The van der Waals surface area contributed by atoms with Gasteiger partial charge in [0.15, 0.2) is 0 Å². The van der Waals surface area contributed by atoms with Crippen molar-refractivity contribution < 1.29 is 21.6 Å². The van der Waals surface area contributed by atoms with E-state index in [-0.39, 0.29) is 36.8 Å². The van der Waals surface area contributed by atoms with Gasteiger partial charge in [0.2, 0.25) is 0 Å². The molecule has 0 amide bonds. The molecule has 0 aliphatic rings. The summed E-state index contributed by atoms with van der Waals surface area (Å²) in [6, 6.07) is 3.95. The van der Waals surface area contributed by atoms with Crippen LogP contribution >= 0.6 is 55.1 Å². The molecule has 0 aliphatic heterocycles. The highest BCUT2D eigenvalue weighted by atomic mass is 79.9. The molecule has 4 nitrogen and oxygen atoms in total. The van der Waals surface area contributed by atoms with Gasteiger partial charge >= 0.3 is 0 Å². The molecule has 0 bridgehead atoms. The van der Waals surface area contributed by atoms with E-state index in [9.17, 15) is 21.6 Å². The lowest BCUT2D eigenvalue weighted by Gasteiger charge is -2.27. The Morgan fingerprint density at radius 2 is 1.56 bits per heavy atom. The van der Waals surface area contributed by atoms with Gasteiger partial charge in [0.1, 0.15) is 11.6 Å². The summed E-state index contributed by atoms with van der Waals surface area (Å²) in [6.45, 7) is -0.875. The van der Waals surface area contributed by atoms with Gasteiger partial charge in [-0.05, 0) is 50.4 Å². The van der Waals surface area contributed by atoms with Crippen molar-refractivity contribution in [3.05, 3.63) is 54.9 Å². The van der Waals surface area contributed by atoms with Gasteiger partial charge in [-0.3, -0.25) is 9.82 Å². The van der Waals surface area contributed by atoms with E-state index in [4.69, 9.17) is 23.2 Å². The van der Waals surface area contributed by atoms with Crippen LogP contribution in [-0.2, 0) is 10.0 Å². The van der Waals surface area contributed by atoms with Crippen molar-refractivity contribution in [2.24, 2.45) is 0 Å². The summed E-state index contributed by atoms with van der Waals surface area (Å²) in [4.78, 5) is 0. The Hall–Kier alpha value is -0.680. The highest BCUT2D eigenvalue weighted by Gasteiger charge is 2.27. The van der Waals surface area contributed by atoms with Crippen molar-refractivity contribution >= 4 is 76.5 Å². The van der Waals surface area contributed by atoms with Crippen LogP contribution in [0.1, 0.15) is 6.42 Å². The summed E-state index contributed by atoms with van der Waals surface area (Å²) in [6.07, 6.45) is -0.296. The third-order valence-corrected chi connectivity index (χ3v) is 7.38. The highest BCUT2D eigenvalue weighted by Crippen LogP contribution is 2.38. The van der Waals surface area contributed by atoms with E-state index in [1.165, 1.54) is 0 Å². The van der Waals surface area contributed by atoms with Crippen LogP contribution in [0.25, 0.3) is 0 Å². The fraction of sp³-hybridized carbons (Fsp3) is 0.200. The number of sulfonamides is 1. The van der Waals surface area contributed by atoms with Gasteiger partial charge in [-0.15, -0.1) is 0 Å². The van der Waals surface area contributed by atoms with Crippen LogP contribution in [0.3, 0.4) is 0 Å². The molecule has 1 N–H and O–H groups in total. The number of rotatable bonds is 7. The second-order valence-corrected chi connectivity index (χ2v) is 9.61. The minimum atomic E-state index is -4.22. The summed E-state index contributed by atoms with van der Waals surface area (Å²) in [5, 5.41) is -0.145. The Labute approximate surface area is 180 Å². The highest BCUT2D eigenvalue weighted by molar-refractivity contribution is 9.10. The predicted octanol–water partition coefficient (Wildman–Crippen LogP) is 6.32. The summed E-state index contributed by atoms with van der Waals surface area (Å²) in [5.74, 6) is -2.09. The number of benzene rings is 2. The van der Waals surface area contributed by atoms with Crippen molar-refractivity contribution in [1.29, 1.82) is 0 Å². The zero-order chi connectivity index (χ0) is 20.4. The van der Waals surface area contributed by atoms with Crippen molar-refractivity contribution in [3.63, 3.8) is 0 Å². The fourth-order valence-electron chi connectivity index (χ4n) is 2.04. The fourth-order valence-corrected chi connectivity index (χ4v) is 4.63. The largest absolute Gasteiger partial charge is 0.283 e. The SMILES string of the molecule is O=S(=O)(CCCF)N(Nc1cc(F)cc(Br)c1Cl)c1cc(F)cc(Br)c1Cl. The molecule has 0 fully saturated rings. The molecule has 0 unspecified atom stereocenters. The minimum absolute atomic E-state index is 0.0197. The number of hydrogen-bond donors (Lipinski definition) is 1. The quantitative estimate of drug-likeness (QED) is 0.313. The van der Waals surface area contributed by atoms with E-state index in [1.807, 2.05) is 0 Å². The molecule has 27 heavy (non-hydrogen) atoms. The number of alkyl halides is 1. The Kier molecular flexibility index (Phi) is 7.71. The topological polar surface area (TPSA) is 49.4 Å². The molecule has 2 aromatic carbocycles. The van der Waals surface area contributed by atoms with Crippen molar-refractivity contribution in [1.82, 2.24) is 0 Å². The summed E-state index contributed by atoms with van der Waals surface area (Å²) < 4.78 is 66.3. The molecule has 2 aromatic rings. The standard InChI is InChI=1S/C15H11Br2Cl2F3N2O2S/c16-10-4-8(21)6-12(14(10)18)23-24(27(25,26)3-1-2-20)13-7-9(22)5-11(17)15(13)19/h4-7,23H,1-3H2. The van der Waals surface area contributed by atoms with E-state index < -0.39 is 34.1 Å². The van der Waals surface area contributed by atoms with Crippen LogP contribution in [0.2, 0.25) is 10.0 Å². The molecular formula is C15H11Br2Cl2F3N2O2S. The molecule has 0 aromatic heterocycles. The van der Waals surface area contributed by atoms with Crippen molar-refractivity contribution in [2.45, 2.75) is 6.42 Å². The molecule has 0 spiro atoms. The first-order valence-electron chi connectivity index (χ1n) is 7.21. The van der Waals surface area contributed by atoms with Gasteiger partial charge in [-0.1, -0.05) is 23.2 Å². The third-order valence-electron chi connectivity index (χ3n) is 3.22. The Bertz CT molecular complexity index is 965. The molecule has 0 aliphatic carbocycles. The van der Waals surface area contributed by atoms with Gasteiger partial charge in [-0.25, -0.2) is 17.2 Å². The van der Waals surface area contributed by atoms with Crippen molar-refractivity contribution in [3.8, 4) is 0 Å². The Morgan fingerprint density at radius 3 is 2.15 bits per heavy atom. The number of anilines is 2. The van der Waals surface area contributed by atoms with Gasteiger partial charge in [0, 0.05) is 21.1 Å². The second kappa shape index (κ2) is 9.21. The summed E-state index contributed by atoms with van der Waals surface area (Å²) in [5.41, 5.74) is 2.04. The Balaban J connectivity index is 2.62. The summed E-state index contributed by atoms with van der Waals surface area (Å²) in [7, 11) is -4.22. The number of halogens is 7. The van der Waals surface area contributed by atoms with Crippen LogP contribution in [-0.4, -0.2) is 20.8 Å². The number of hydrogen-bond acceptors (Lipinski definition) is 3. The maximum absolute atomic E-state index is 13.9. The molecule has 0 saturated heterocycles. The molecule has 0 saturated carbocycles. The normalized spacial score (nSPS) is 11.5. The predicted molar refractivity (Wildman–Crippen MR) is 109 cm³/mol. The zero-order valence-corrected chi connectivity index (χ0v) is 18.7. The molecule has 0 radical (unpaired) electrons. The van der Waals surface area contributed by atoms with Crippen LogP contribution in [0.5, 0.6) is 0 Å². The van der Waals surface area contributed by atoms with Crippen LogP contribution in [0, 0.1) is 11.6 Å². The first-order valence-corrected chi connectivity index (χ1v) is 11.2. The first-order chi connectivity index (χ1) is 12.6. The molecule has 0 heterocycles. The van der Waals surface area contributed by atoms with E-state index in [1.54, 1.807) is 0 Å². The van der Waals surface area contributed by atoms with Crippen LogP contribution < -0.4 is 9.84 Å². The molecule has 2 rings (SSSR count). The molecule has 0 atom stereocenters. The van der Waals surface area contributed by atoms with Crippen molar-refractivity contribution in [2.75, 3.05) is 22.3 Å². The lowest BCUT2D eigenvalue weighted by Crippen LogP contribution is -2.38. The number of nitrogens with one attached hydrogen (secondary N) is 1. The van der Waals surface area contributed by atoms with Crippen LogP contribution in [0.15, 0.2) is 33.2 Å². The number of nitrogens with zero attached hydrogens (tertiary/aromatic N) is 1. The third kappa shape index (κ3) is 5.44. The van der Waals surface area contributed by atoms with Gasteiger partial charge < -0.3 is 0 Å². The minimum Gasteiger partial charge on any atom is -0.283 e. The Morgan fingerprint density at radius 1 is 1.00 bits per heavy atom. The van der Waals surface area contributed by atoms with E-state index >= 15 is 0 Å². The first kappa shape index (κ1) is 22.6. The zero-order valence-electron chi connectivity index (χ0n) is 13.2. The van der Waals surface area contributed by atoms with E-state index in [2.05, 4.69) is 37.3 Å². The van der Waals surface area contributed by atoms with E-state index in [0.29, 0.717) is 4.41 Å². The summed E-state index contributed by atoms with van der Waals surface area (Å²) >= 11 is 18.3. The smallest absolute Gasteiger partial charge is 0.252 e. The number of hydrazine groups is 1. The molecule has 148 valence electrons. The molecule has 12 heteroatoms. The average Bonchev–Trinajstić information content (AvgIpc) is 2.58. The van der Waals surface area contributed by atoms with Crippen LogP contribution in [0.4, 0.5) is 24.5 Å². The maximum Gasteiger partial charge on any atom is 0.252 e. The lowest BCUT2D eigenvalue weighted by atomic mass is 10.3. The van der Waals surface area contributed by atoms with Gasteiger partial charge in [-0.2, -0.15) is 4.41 Å². The van der Waals surface area contributed by atoms with Gasteiger partial charge in [0.05, 0.1) is 33.8 Å². The van der Waals surface area contributed by atoms with Gasteiger partial charge in [0.25, 0.3) is 10.0 Å². The lowest BCUT2D eigenvalue weighted by molar-refractivity contribution is 0.484. The monoisotopic (exact) mass is 568 g/mol. The second-order valence-electron chi connectivity index (χ2n) is 5.20.